The average Bonchev–Trinajstić information content (AvgIpc) is 2.85. The van der Waals surface area contributed by atoms with Gasteiger partial charge in [-0.3, -0.25) is 0 Å². The average molecular weight is 347 g/mol. The smallest absolute Gasteiger partial charge is 0.160 e. The fourth-order valence-corrected chi connectivity index (χ4v) is 3.81. The quantitative estimate of drug-likeness (QED) is 0.377. The van der Waals surface area contributed by atoms with Crippen molar-refractivity contribution in [2.24, 2.45) is 0 Å². The van der Waals surface area contributed by atoms with Crippen LogP contribution in [0.5, 0.6) is 0 Å². The number of rotatable bonds is 2. The lowest BCUT2D eigenvalue weighted by Crippen LogP contribution is -1.95. The lowest BCUT2D eigenvalue weighted by molar-refractivity contribution is 0.507. The van der Waals surface area contributed by atoms with E-state index in [1.807, 2.05) is 0 Å². The van der Waals surface area contributed by atoms with E-state index >= 15 is 0 Å². The summed E-state index contributed by atoms with van der Waals surface area (Å²) in [4.78, 5) is 0.685. The first kappa shape index (κ1) is 14.7. The van der Waals surface area contributed by atoms with E-state index in [9.17, 15) is 13.2 Å². The molecule has 0 radical (unpaired) electrons. The molecule has 1 aromatic heterocycles. The van der Waals surface area contributed by atoms with Gasteiger partial charge in [0.2, 0.25) is 0 Å². The third-order valence-corrected chi connectivity index (χ3v) is 5.15. The summed E-state index contributed by atoms with van der Waals surface area (Å²) in [5, 5.41) is 0.159. The van der Waals surface area contributed by atoms with Crippen molar-refractivity contribution < 1.29 is 13.2 Å². The maximum Gasteiger partial charge on any atom is 0.160 e. The van der Waals surface area contributed by atoms with Gasteiger partial charge in [-0.15, -0.1) is 22.9 Å². The van der Waals surface area contributed by atoms with Crippen LogP contribution < -0.4 is 0 Å². The fraction of sp³-hybridized carbons (Fsp3) is 0.0667. The van der Waals surface area contributed by atoms with Crippen molar-refractivity contribution in [3.05, 3.63) is 69.3 Å². The van der Waals surface area contributed by atoms with Crippen LogP contribution in [0.15, 0.2) is 36.4 Å². The summed E-state index contributed by atoms with van der Waals surface area (Å²) >= 11 is 13.5. The third kappa shape index (κ3) is 2.76. The van der Waals surface area contributed by atoms with E-state index < -0.39 is 17.0 Å². The summed E-state index contributed by atoms with van der Waals surface area (Å²) in [7, 11) is 0. The van der Waals surface area contributed by atoms with Crippen molar-refractivity contribution in [1.29, 1.82) is 0 Å². The van der Waals surface area contributed by atoms with E-state index in [-0.39, 0.29) is 16.4 Å². The Bertz CT molecular complexity index is 829. The highest BCUT2D eigenvalue weighted by Crippen LogP contribution is 2.40. The Morgan fingerprint density at radius 2 is 1.67 bits per heavy atom. The van der Waals surface area contributed by atoms with Crippen molar-refractivity contribution in [3.8, 4) is 0 Å². The molecular weight excluding hydrogens is 340 g/mol. The van der Waals surface area contributed by atoms with Crippen molar-refractivity contribution in [3.63, 3.8) is 0 Å². The first-order chi connectivity index (χ1) is 9.95. The van der Waals surface area contributed by atoms with Gasteiger partial charge >= 0.3 is 0 Å². The summed E-state index contributed by atoms with van der Waals surface area (Å²) in [6, 6.07) is 8.07. The van der Waals surface area contributed by atoms with Crippen molar-refractivity contribution >= 4 is 44.6 Å². The van der Waals surface area contributed by atoms with Gasteiger partial charge in [-0.1, -0.05) is 17.7 Å². The summed E-state index contributed by atoms with van der Waals surface area (Å²) in [6.45, 7) is 0. The lowest BCUT2D eigenvalue weighted by atomic mass is 10.1. The molecule has 0 saturated heterocycles. The molecule has 0 fully saturated rings. The molecule has 3 aromatic rings. The fourth-order valence-electron chi connectivity index (χ4n) is 2.04. The van der Waals surface area contributed by atoms with Gasteiger partial charge in [0.1, 0.15) is 5.82 Å². The predicted molar refractivity (Wildman–Crippen MR) is 80.8 cm³/mol. The molecule has 2 aromatic carbocycles. The number of hydrogen-bond acceptors (Lipinski definition) is 1. The largest absolute Gasteiger partial charge is 0.207 e. The zero-order chi connectivity index (χ0) is 15.1. The molecule has 0 saturated carbocycles. The molecule has 0 aliphatic rings. The molecule has 3 rings (SSSR count). The molecule has 108 valence electrons. The monoisotopic (exact) mass is 346 g/mol. The minimum absolute atomic E-state index is 0.0533. The van der Waals surface area contributed by atoms with Crippen molar-refractivity contribution in [2.45, 2.75) is 5.38 Å². The predicted octanol–water partition coefficient (Wildman–Crippen LogP) is 6.30. The Kier molecular flexibility index (Phi) is 3.86. The van der Waals surface area contributed by atoms with Crippen LogP contribution in [-0.4, -0.2) is 0 Å². The number of hydrogen-bond donors (Lipinski definition) is 0. The molecule has 6 heteroatoms. The molecule has 0 aliphatic carbocycles. The maximum atomic E-state index is 13.4. The highest BCUT2D eigenvalue weighted by Gasteiger charge is 2.19. The highest BCUT2D eigenvalue weighted by molar-refractivity contribution is 7.19. The Labute approximate surface area is 132 Å². The number of alkyl halides is 1. The van der Waals surface area contributed by atoms with Gasteiger partial charge in [0.25, 0.3) is 0 Å². The first-order valence-corrected chi connectivity index (χ1v) is 7.56. The lowest BCUT2D eigenvalue weighted by Gasteiger charge is -2.10. The molecule has 0 nitrogen and oxygen atoms in total. The van der Waals surface area contributed by atoms with Gasteiger partial charge in [0.05, 0.1) is 5.38 Å². The summed E-state index contributed by atoms with van der Waals surface area (Å²) in [5.74, 6) is -2.37. The summed E-state index contributed by atoms with van der Waals surface area (Å²) in [5.41, 5.74) is 0.282. The summed E-state index contributed by atoms with van der Waals surface area (Å²) < 4.78 is 40.4. The van der Waals surface area contributed by atoms with Gasteiger partial charge in [-0.2, -0.15) is 0 Å². The molecule has 1 heterocycles. The zero-order valence-corrected chi connectivity index (χ0v) is 12.7. The minimum atomic E-state index is -1.02. The van der Waals surface area contributed by atoms with E-state index in [4.69, 9.17) is 23.2 Å². The minimum Gasteiger partial charge on any atom is -0.207 e. The number of halogens is 5. The second-order valence-corrected chi connectivity index (χ2v) is 6.44. The van der Waals surface area contributed by atoms with Gasteiger partial charge in [0.15, 0.2) is 11.6 Å². The Morgan fingerprint density at radius 1 is 0.952 bits per heavy atom. The van der Waals surface area contributed by atoms with Gasteiger partial charge in [0, 0.05) is 14.6 Å². The number of fused-ring (bicyclic) bond motifs is 1. The molecular formula is C15H7Cl2F3S. The van der Waals surface area contributed by atoms with Crippen LogP contribution >= 0.6 is 34.5 Å². The van der Waals surface area contributed by atoms with Crippen molar-refractivity contribution in [2.75, 3.05) is 0 Å². The van der Waals surface area contributed by atoms with Crippen LogP contribution in [-0.2, 0) is 0 Å². The van der Waals surface area contributed by atoms with Crippen LogP contribution in [0.3, 0.4) is 0 Å². The van der Waals surface area contributed by atoms with E-state index in [2.05, 4.69) is 0 Å². The molecule has 0 amide bonds. The van der Waals surface area contributed by atoms with Crippen LogP contribution in [0, 0.1) is 17.5 Å². The summed E-state index contributed by atoms with van der Waals surface area (Å²) in [6.07, 6.45) is 0. The van der Waals surface area contributed by atoms with E-state index in [0.717, 1.165) is 22.2 Å². The van der Waals surface area contributed by atoms with Gasteiger partial charge < -0.3 is 0 Å². The van der Waals surface area contributed by atoms with Gasteiger partial charge in [-0.25, -0.2) is 13.2 Å². The number of benzene rings is 2. The second-order valence-electron chi connectivity index (χ2n) is 4.48. The molecule has 1 unspecified atom stereocenters. The van der Waals surface area contributed by atoms with Crippen LogP contribution in [0.25, 0.3) is 10.1 Å². The molecule has 0 bridgehead atoms. The molecule has 1 atom stereocenters. The number of thiophene rings is 1. The third-order valence-electron chi connectivity index (χ3n) is 3.06. The Morgan fingerprint density at radius 3 is 2.43 bits per heavy atom. The maximum absolute atomic E-state index is 13.4. The highest BCUT2D eigenvalue weighted by atomic mass is 35.5. The standard InChI is InChI=1S/C15H7Cl2F3S/c16-10-6-12(20)11(19)5-9(10)15(17)14-3-7-1-2-8(18)4-13(7)21-14/h1-6,15H. The molecule has 0 aliphatic heterocycles. The SMILES string of the molecule is Fc1ccc2cc(C(Cl)c3cc(F)c(F)cc3Cl)sc2c1. The van der Waals surface area contributed by atoms with E-state index in [1.54, 1.807) is 12.1 Å². The van der Waals surface area contributed by atoms with Crippen LogP contribution in [0.4, 0.5) is 13.2 Å². The molecule has 21 heavy (non-hydrogen) atoms. The van der Waals surface area contributed by atoms with Crippen LogP contribution in [0.1, 0.15) is 15.8 Å². The Balaban J connectivity index is 2.07. The topological polar surface area (TPSA) is 0 Å². The van der Waals surface area contributed by atoms with Crippen molar-refractivity contribution in [1.82, 2.24) is 0 Å². The van der Waals surface area contributed by atoms with E-state index in [0.29, 0.717) is 4.88 Å². The Hall–Kier alpha value is -1.23. The molecule has 0 spiro atoms. The van der Waals surface area contributed by atoms with Crippen LogP contribution in [0.2, 0.25) is 5.02 Å². The molecule has 0 N–H and O–H groups in total. The van der Waals surface area contributed by atoms with Gasteiger partial charge in [-0.05, 0) is 41.3 Å². The van der Waals surface area contributed by atoms with E-state index in [1.165, 1.54) is 23.5 Å². The normalized spacial score (nSPS) is 12.8. The first-order valence-electron chi connectivity index (χ1n) is 5.93. The second kappa shape index (κ2) is 5.52. The zero-order valence-electron chi connectivity index (χ0n) is 10.3.